The molecule has 0 bridgehead atoms. The van der Waals surface area contributed by atoms with Crippen molar-refractivity contribution in [3.05, 3.63) is 59.8 Å². The normalized spacial score (nSPS) is 17.3. The average Bonchev–Trinajstić information content (AvgIpc) is 2.79. The highest BCUT2D eigenvalue weighted by molar-refractivity contribution is 6.35. The number of aryl methyl sites for hydroxylation is 1. The van der Waals surface area contributed by atoms with Crippen molar-refractivity contribution in [1.82, 2.24) is 19.7 Å². The SMILES string of the molecule is Cc1cccc(CN2CCN(CC(=O)N3CCN(c4ccccn4)CC3)C(=O)C2=O)c1. The van der Waals surface area contributed by atoms with Crippen LogP contribution in [0.3, 0.4) is 0 Å². The van der Waals surface area contributed by atoms with E-state index in [0.717, 1.165) is 16.9 Å². The molecule has 1 aromatic heterocycles. The minimum atomic E-state index is -0.598. The van der Waals surface area contributed by atoms with Crippen LogP contribution in [-0.4, -0.2) is 83.2 Å². The minimum absolute atomic E-state index is 0.0492. The molecular weight excluding hydrogens is 394 g/mol. The maximum absolute atomic E-state index is 12.7. The van der Waals surface area contributed by atoms with Gasteiger partial charge in [0.2, 0.25) is 5.91 Å². The van der Waals surface area contributed by atoms with Crippen molar-refractivity contribution in [3.8, 4) is 0 Å². The highest BCUT2D eigenvalue weighted by Crippen LogP contribution is 2.15. The van der Waals surface area contributed by atoms with E-state index in [0.29, 0.717) is 45.8 Å². The van der Waals surface area contributed by atoms with Crippen molar-refractivity contribution in [2.45, 2.75) is 13.5 Å². The summed E-state index contributed by atoms with van der Waals surface area (Å²) in [6.07, 6.45) is 1.76. The first-order valence-electron chi connectivity index (χ1n) is 10.6. The molecule has 0 unspecified atom stereocenters. The Labute approximate surface area is 182 Å². The lowest BCUT2D eigenvalue weighted by Crippen LogP contribution is -2.57. The molecule has 2 aliphatic rings. The number of pyridine rings is 1. The molecule has 0 atom stereocenters. The fourth-order valence-corrected chi connectivity index (χ4v) is 4.04. The molecule has 0 saturated carbocycles. The third-order valence-corrected chi connectivity index (χ3v) is 5.78. The van der Waals surface area contributed by atoms with Gasteiger partial charge in [-0.2, -0.15) is 0 Å². The number of rotatable bonds is 5. The van der Waals surface area contributed by atoms with Crippen LogP contribution in [0.4, 0.5) is 5.82 Å². The molecule has 4 rings (SSSR count). The number of amides is 3. The van der Waals surface area contributed by atoms with Crippen LogP contribution in [0.5, 0.6) is 0 Å². The summed E-state index contributed by atoms with van der Waals surface area (Å²) in [6, 6.07) is 13.7. The van der Waals surface area contributed by atoms with E-state index in [1.807, 2.05) is 49.4 Å². The Hall–Kier alpha value is -3.42. The monoisotopic (exact) mass is 421 g/mol. The van der Waals surface area contributed by atoms with Crippen LogP contribution in [0.25, 0.3) is 0 Å². The number of piperazine rings is 2. The van der Waals surface area contributed by atoms with Gasteiger partial charge < -0.3 is 19.6 Å². The van der Waals surface area contributed by atoms with Crippen LogP contribution in [-0.2, 0) is 20.9 Å². The van der Waals surface area contributed by atoms with E-state index >= 15 is 0 Å². The summed E-state index contributed by atoms with van der Waals surface area (Å²) in [5.74, 6) is -0.353. The molecule has 0 radical (unpaired) electrons. The maximum Gasteiger partial charge on any atom is 0.312 e. The summed E-state index contributed by atoms with van der Waals surface area (Å²) in [5, 5.41) is 0. The van der Waals surface area contributed by atoms with Crippen LogP contribution in [0.1, 0.15) is 11.1 Å². The zero-order valence-electron chi connectivity index (χ0n) is 17.7. The zero-order chi connectivity index (χ0) is 21.8. The number of hydrogen-bond acceptors (Lipinski definition) is 5. The summed E-state index contributed by atoms with van der Waals surface area (Å²) in [5.41, 5.74) is 2.11. The van der Waals surface area contributed by atoms with Crippen LogP contribution in [0.2, 0.25) is 0 Å². The number of anilines is 1. The first kappa shape index (κ1) is 20.8. The van der Waals surface area contributed by atoms with Crippen LogP contribution in [0, 0.1) is 6.92 Å². The van der Waals surface area contributed by atoms with Gasteiger partial charge in [0.15, 0.2) is 0 Å². The smallest absolute Gasteiger partial charge is 0.312 e. The number of benzene rings is 1. The van der Waals surface area contributed by atoms with Gasteiger partial charge in [-0.25, -0.2) is 4.98 Å². The van der Waals surface area contributed by atoms with E-state index in [2.05, 4.69) is 9.88 Å². The molecule has 2 aliphatic heterocycles. The lowest BCUT2D eigenvalue weighted by atomic mass is 10.1. The predicted octanol–water partition coefficient (Wildman–Crippen LogP) is 0.910. The van der Waals surface area contributed by atoms with Crippen molar-refractivity contribution in [2.24, 2.45) is 0 Å². The van der Waals surface area contributed by atoms with E-state index < -0.39 is 11.8 Å². The summed E-state index contributed by atoms with van der Waals surface area (Å²) in [4.78, 5) is 49.1. The lowest BCUT2D eigenvalue weighted by molar-refractivity contribution is -0.158. The molecule has 2 fully saturated rings. The van der Waals surface area contributed by atoms with Gasteiger partial charge in [0, 0.05) is 52.0 Å². The predicted molar refractivity (Wildman–Crippen MR) is 116 cm³/mol. The molecule has 2 saturated heterocycles. The van der Waals surface area contributed by atoms with Crippen LogP contribution < -0.4 is 4.90 Å². The quantitative estimate of drug-likeness (QED) is 0.671. The van der Waals surface area contributed by atoms with Gasteiger partial charge in [0.25, 0.3) is 0 Å². The Balaban J connectivity index is 1.28. The Morgan fingerprint density at radius 1 is 0.903 bits per heavy atom. The summed E-state index contributed by atoms with van der Waals surface area (Å²) in [7, 11) is 0. The zero-order valence-corrected chi connectivity index (χ0v) is 17.7. The van der Waals surface area contributed by atoms with Crippen molar-refractivity contribution in [1.29, 1.82) is 0 Å². The fourth-order valence-electron chi connectivity index (χ4n) is 4.04. The van der Waals surface area contributed by atoms with Gasteiger partial charge in [-0.05, 0) is 24.6 Å². The summed E-state index contributed by atoms with van der Waals surface area (Å²) in [6.45, 7) is 5.69. The van der Waals surface area contributed by atoms with Crippen molar-refractivity contribution in [3.63, 3.8) is 0 Å². The van der Waals surface area contributed by atoms with Gasteiger partial charge >= 0.3 is 11.8 Å². The van der Waals surface area contributed by atoms with E-state index in [1.165, 1.54) is 4.90 Å². The Morgan fingerprint density at radius 2 is 1.65 bits per heavy atom. The number of carbonyl (C=O) groups excluding carboxylic acids is 3. The Morgan fingerprint density at radius 3 is 2.35 bits per heavy atom. The molecule has 3 amide bonds. The van der Waals surface area contributed by atoms with E-state index in [1.54, 1.807) is 16.0 Å². The van der Waals surface area contributed by atoms with Crippen LogP contribution >= 0.6 is 0 Å². The average molecular weight is 422 g/mol. The minimum Gasteiger partial charge on any atom is -0.353 e. The van der Waals surface area contributed by atoms with Gasteiger partial charge in [-0.1, -0.05) is 35.9 Å². The Bertz CT molecular complexity index is 957. The molecule has 8 heteroatoms. The Kier molecular flexibility index (Phi) is 6.16. The molecular formula is C23H27N5O3. The third kappa shape index (κ3) is 4.84. The van der Waals surface area contributed by atoms with Gasteiger partial charge in [-0.15, -0.1) is 0 Å². The van der Waals surface area contributed by atoms with E-state index in [4.69, 9.17) is 0 Å². The molecule has 2 aromatic rings. The highest BCUT2D eigenvalue weighted by atomic mass is 16.2. The van der Waals surface area contributed by atoms with Gasteiger partial charge in [-0.3, -0.25) is 14.4 Å². The number of aromatic nitrogens is 1. The van der Waals surface area contributed by atoms with Crippen molar-refractivity contribution in [2.75, 3.05) is 50.7 Å². The highest BCUT2D eigenvalue weighted by Gasteiger charge is 2.34. The van der Waals surface area contributed by atoms with E-state index in [9.17, 15) is 14.4 Å². The largest absolute Gasteiger partial charge is 0.353 e. The first-order chi connectivity index (χ1) is 15.0. The van der Waals surface area contributed by atoms with Crippen molar-refractivity contribution < 1.29 is 14.4 Å². The topological polar surface area (TPSA) is 77.1 Å². The molecule has 0 aliphatic carbocycles. The second-order valence-corrected chi connectivity index (χ2v) is 8.00. The molecule has 31 heavy (non-hydrogen) atoms. The standard InChI is InChI=1S/C23H27N5O3/c1-18-5-4-6-19(15-18)16-27-13-14-28(23(31)22(27)30)17-21(29)26-11-9-25(10-12-26)20-7-2-3-8-24-20/h2-8,15H,9-14,16-17H2,1H3. The molecule has 8 nitrogen and oxygen atoms in total. The third-order valence-electron chi connectivity index (χ3n) is 5.78. The summed E-state index contributed by atoms with van der Waals surface area (Å²) < 4.78 is 0. The molecule has 3 heterocycles. The molecule has 162 valence electrons. The number of carbonyl (C=O) groups is 3. The number of hydrogen-bond donors (Lipinski definition) is 0. The number of nitrogens with zero attached hydrogens (tertiary/aromatic N) is 5. The van der Waals surface area contributed by atoms with E-state index in [-0.39, 0.29) is 12.5 Å². The van der Waals surface area contributed by atoms with Crippen LogP contribution in [0.15, 0.2) is 48.7 Å². The second kappa shape index (κ2) is 9.16. The van der Waals surface area contributed by atoms with Crippen molar-refractivity contribution >= 4 is 23.5 Å². The molecule has 1 aromatic carbocycles. The second-order valence-electron chi connectivity index (χ2n) is 8.00. The molecule has 0 spiro atoms. The van der Waals surface area contributed by atoms with Gasteiger partial charge in [0.05, 0.1) is 0 Å². The first-order valence-corrected chi connectivity index (χ1v) is 10.6. The maximum atomic E-state index is 12.7. The fraction of sp³-hybridized carbons (Fsp3) is 0.391. The van der Waals surface area contributed by atoms with Gasteiger partial charge in [0.1, 0.15) is 12.4 Å². The lowest BCUT2D eigenvalue weighted by Gasteiger charge is -2.38. The summed E-state index contributed by atoms with van der Waals surface area (Å²) >= 11 is 0. The molecule has 0 N–H and O–H groups in total.